The van der Waals surface area contributed by atoms with Gasteiger partial charge in [-0.3, -0.25) is 9.48 Å². The maximum atomic E-state index is 11.3. The fraction of sp³-hybridized carbons (Fsp3) is 0.385. The zero-order chi connectivity index (χ0) is 14.5. The van der Waals surface area contributed by atoms with Gasteiger partial charge in [-0.25, -0.2) is 9.97 Å². The molecule has 2 heterocycles. The highest BCUT2D eigenvalue weighted by Gasteiger charge is 2.10. The van der Waals surface area contributed by atoms with Crippen LogP contribution in [-0.2, 0) is 16.6 Å². The second-order valence-corrected chi connectivity index (χ2v) is 5.06. The van der Waals surface area contributed by atoms with E-state index in [9.17, 15) is 4.79 Å². The molecule has 2 aromatic rings. The average molecular weight is 292 g/mol. The van der Waals surface area contributed by atoms with E-state index in [0.717, 1.165) is 17.0 Å². The third-order valence-corrected chi connectivity index (χ3v) is 3.38. The molecule has 106 valence electrons. The molecule has 0 unspecified atom stereocenters. The van der Waals surface area contributed by atoms with Gasteiger partial charge in [-0.05, 0) is 19.9 Å². The number of esters is 1. The minimum Gasteiger partial charge on any atom is -0.465 e. The molecule has 2 rings (SSSR count). The highest BCUT2D eigenvalue weighted by Crippen LogP contribution is 2.22. The van der Waals surface area contributed by atoms with Gasteiger partial charge >= 0.3 is 5.97 Å². The van der Waals surface area contributed by atoms with Crippen LogP contribution in [0.4, 0.5) is 0 Å². The molecule has 0 saturated heterocycles. The molecule has 7 heteroatoms. The Morgan fingerprint density at radius 3 is 2.95 bits per heavy atom. The van der Waals surface area contributed by atoms with Crippen molar-refractivity contribution < 1.29 is 9.53 Å². The van der Waals surface area contributed by atoms with E-state index in [1.165, 1.54) is 11.8 Å². The topological polar surface area (TPSA) is 69.9 Å². The third-order valence-electron chi connectivity index (χ3n) is 2.55. The predicted octanol–water partition coefficient (Wildman–Crippen LogP) is 1.84. The number of rotatable bonds is 5. The van der Waals surface area contributed by atoms with Crippen LogP contribution in [0.15, 0.2) is 23.6 Å². The molecule has 0 aliphatic rings. The van der Waals surface area contributed by atoms with E-state index in [4.69, 9.17) is 4.74 Å². The molecule has 0 radical (unpaired) electrons. The summed E-state index contributed by atoms with van der Waals surface area (Å²) >= 11 is 1.27. The van der Waals surface area contributed by atoms with E-state index >= 15 is 0 Å². The Hall–Kier alpha value is -1.89. The predicted molar refractivity (Wildman–Crippen MR) is 76.3 cm³/mol. The summed E-state index contributed by atoms with van der Waals surface area (Å²) in [5.74, 6) is -0.0485. The molecule has 0 N–H and O–H groups in total. The highest BCUT2D eigenvalue weighted by atomic mass is 32.2. The van der Waals surface area contributed by atoms with E-state index in [-0.39, 0.29) is 11.7 Å². The summed E-state index contributed by atoms with van der Waals surface area (Å²) < 4.78 is 6.62. The van der Waals surface area contributed by atoms with E-state index in [2.05, 4.69) is 15.1 Å². The number of aromatic nitrogens is 4. The summed E-state index contributed by atoms with van der Waals surface area (Å²) in [7, 11) is 1.87. The maximum Gasteiger partial charge on any atom is 0.316 e. The van der Waals surface area contributed by atoms with Crippen molar-refractivity contribution >= 4 is 17.7 Å². The third kappa shape index (κ3) is 3.57. The highest BCUT2D eigenvalue weighted by molar-refractivity contribution is 7.99. The lowest BCUT2D eigenvalue weighted by molar-refractivity contribution is -0.139. The Bertz CT molecular complexity index is 612. The van der Waals surface area contributed by atoms with Crippen LogP contribution in [0, 0.1) is 6.92 Å². The zero-order valence-electron chi connectivity index (χ0n) is 11.7. The van der Waals surface area contributed by atoms with Crippen molar-refractivity contribution in [3.8, 4) is 11.3 Å². The van der Waals surface area contributed by atoms with Crippen molar-refractivity contribution in [2.45, 2.75) is 19.0 Å². The molecular weight excluding hydrogens is 276 g/mol. The summed E-state index contributed by atoms with van der Waals surface area (Å²) in [5.41, 5.74) is 2.68. The van der Waals surface area contributed by atoms with E-state index in [0.29, 0.717) is 11.8 Å². The standard InChI is InChI=1S/C13H16N4O2S/c1-4-19-12(18)8-20-13-14-6-5-11(15-13)10-7-17(3)16-9(10)2/h5-7H,4,8H2,1-3H3. The van der Waals surface area contributed by atoms with Gasteiger partial charge in [-0.2, -0.15) is 5.10 Å². The van der Waals surface area contributed by atoms with Crippen LogP contribution in [0.2, 0.25) is 0 Å². The van der Waals surface area contributed by atoms with Crippen LogP contribution in [-0.4, -0.2) is 38.1 Å². The van der Waals surface area contributed by atoms with E-state index < -0.39 is 0 Å². The lowest BCUT2D eigenvalue weighted by atomic mass is 10.2. The smallest absolute Gasteiger partial charge is 0.316 e. The normalized spacial score (nSPS) is 10.6. The summed E-state index contributed by atoms with van der Waals surface area (Å²) in [5, 5.41) is 4.85. The Kier molecular flexibility index (Phi) is 4.73. The van der Waals surface area contributed by atoms with Gasteiger partial charge in [0.05, 0.1) is 23.7 Å². The van der Waals surface area contributed by atoms with Gasteiger partial charge in [0.1, 0.15) is 0 Å². The number of carbonyl (C=O) groups is 1. The second kappa shape index (κ2) is 6.51. The molecule has 0 atom stereocenters. The number of thioether (sulfide) groups is 1. The summed E-state index contributed by atoms with van der Waals surface area (Å²) in [4.78, 5) is 19.9. The van der Waals surface area contributed by atoms with Gasteiger partial charge in [0.25, 0.3) is 0 Å². The Morgan fingerprint density at radius 1 is 1.50 bits per heavy atom. The van der Waals surface area contributed by atoms with Gasteiger partial charge in [0.15, 0.2) is 5.16 Å². The number of aryl methyl sites for hydroxylation is 2. The van der Waals surface area contributed by atoms with Crippen molar-refractivity contribution in [1.29, 1.82) is 0 Å². The first-order valence-corrected chi connectivity index (χ1v) is 7.20. The summed E-state index contributed by atoms with van der Waals surface area (Å²) in [6, 6.07) is 1.83. The number of nitrogens with zero attached hydrogens (tertiary/aromatic N) is 4. The van der Waals surface area contributed by atoms with Gasteiger partial charge < -0.3 is 4.74 Å². The SMILES string of the molecule is CCOC(=O)CSc1nccc(-c2cn(C)nc2C)n1. The van der Waals surface area contributed by atoms with Crippen molar-refractivity contribution in [3.05, 3.63) is 24.2 Å². The molecule has 0 aromatic carbocycles. The quantitative estimate of drug-likeness (QED) is 0.476. The second-order valence-electron chi connectivity index (χ2n) is 4.12. The van der Waals surface area contributed by atoms with Gasteiger partial charge in [-0.15, -0.1) is 0 Å². The molecule has 0 saturated carbocycles. The maximum absolute atomic E-state index is 11.3. The molecule has 20 heavy (non-hydrogen) atoms. The molecule has 0 spiro atoms. The molecule has 2 aromatic heterocycles. The molecule has 0 aliphatic heterocycles. The lowest BCUT2D eigenvalue weighted by Crippen LogP contribution is -2.07. The molecular formula is C13H16N4O2S. The van der Waals surface area contributed by atoms with E-state index in [1.54, 1.807) is 17.8 Å². The average Bonchev–Trinajstić information content (AvgIpc) is 2.76. The van der Waals surface area contributed by atoms with Crippen molar-refractivity contribution in [1.82, 2.24) is 19.7 Å². The van der Waals surface area contributed by atoms with Gasteiger partial charge in [-0.1, -0.05) is 11.8 Å². The Labute approximate surface area is 121 Å². The minimum absolute atomic E-state index is 0.212. The monoisotopic (exact) mass is 292 g/mol. The molecule has 0 bridgehead atoms. The van der Waals surface area contributed by atoms with Crippen LogP contribution in [0.25, 0.3) is 11.3 Å². The van der Waals surface area contributed by atoms with Crippen LogP contribution < -0.4 is 0 Å². The number of carbonyl (C=O) groups excluding carboxylic acids is 1. The first kappa shape index (κ1) is 14.5. The molecule has 0 amide bonds. The van der Waals surface area contributed by atoms with Crippen LogP contribution in [0.3, 0.4) is 0 Å². The Balaban J connectivity index is 2.12. The summed E-state index contributed by atoms with van der Waals surface area (Å²) in [6.07, 6.45) is 3.60. The first-order valence-electron chi connectivity index (χ1n) is 6.22. The number of hydrogen-bond acceptors (Lipinski definition) is 6. The van der Waals surface area contributed by atoms with Crippen molar-refractivity contribution in [2.75, 3.05) is 12.4 Å². The minimum atomic E-state index is -0.260. The fourth-order valence-electron chi connectivity index (χ4n) is 1.74. The summed E-state index contributed by atoms with van der Waals surface area (Å²) in [6.45, 7) is 4.10. The lowest BCUT2D eigenvalue weighted by Gasteiger charge is -2.03. The van der Waals surface area contributed by atoms with Crippen molar-refractivity contribution in [3.63, 3.8) is 0 Å². The van der Waals surface area contributed by atoms with E-state index in [1.807, 2.05) is 26.2 Å². The molecule has 0 fully saturated rings. The van der Waals surface area contributed by atoms with Gasteiger partial charge in [0, 0.05) is 25.0 Å². The first-order chi connectivity index (χ1) is 9.60. The molecule has 0 aliphatic carbocycles. The number of hydrogen-bond donors (Lipinski definition) is 0. The Morgan fingerprint density at radius 2 is 2.30 bits per heavy atom. The van der Waals surface area contributed by atoms with Crippen LogP contribution >= 0.6 is 11.8 Å². The molecule has 6 nitrogen and oxygen atoms in total. The van der Waals surface area contributed by atoms with Crippen LogP contribution in [0.5, 0.6) is 0 Å². The fourth-order valence-corrected chi connectivity index (χ4v) is 2.37. The zero-order valence-corrected chi connectivity index (χ0v) is 12.5. The number of ether oxygens (including phenoxy) is 1. The van der Waals surface area contributed by atoms with Gasteiger partial charge in [0.2, 0.25) is 0 Å². The van der Waals surface area contributed by atoms with Crippen molar-refractivity contribution in [2.24, 2.45) is 7.05 Å². The largest absolute Gasteiger partial charge is 0.465 e. The van der Waals surface area contributed by atoms with Crippen LogP contribution in [0.1, 0.15) is 12.6 Å².